The summed E-state index contributed by atoms with van der Waals surface area (Å²) < 4.78 is 0. The third-order valence-electron chi connectivity index (χ3n) is 2.48. The van der Waals surface area contributed by atoms with Crippen LogP contribution in [0, 0.1) is 0 Å². The number of alkyl halides is 1. The summed E-state index contributed by atoms with van der Waals surface area (Å²) in [7, 11) is 0. The molecule has 0 heterocycles. The van der Waals surface area contributed by atoms with E-state index in [1.54, 1.807) is 24.3 Å². The molecule has 5 heteroatoms. The van der Waals surface area contributed by atoms with Gasteiger partial charge in [-0.15, -0.1) is 0 Å². The summed E-state index contributed by atoms with van der Waals surface area (Å²) >= 11 is 3.29. The van der Waals surface area contributed by atoms with Crippen LogP contribution in [0.3, 0.4) is 0 Å². The molecule has 1 rings (SSSR count). The fourth-order valence-corrected chi connectivity index (χ4v) is 1.57. The van der Waals surface area contributed by atoms with E-state index in [-0.39, 0.29) is 22.7 Å². The summed E-state index contributed by atoms with van der Waals surface area (Å²) in [5, 5.41) is 5.59. The van der Waals surface area contributed by atoms with Gasteiger partial charge in [0.05, 0.1) is 4.83 Å². The van der Waals surface area contributed by atoms with Crippen molar-refractivity contribution >= 4 is 33.4 Å². The molecule has 104 valence electrons. The maximum absolute atomic E-state index is 11.7. The molecular weight excluding hydrogens is 308 g/mol. The average Bonchev–Trinajstić information content (AvgIpc) is 2.37. The van der Waals surface area contributed by atoms with Crippen molar-refractivity contribution in [1.82, 2.24) is 5.32 Å². The molecule has 2 amide bonds. The smallest absolute Gasteiger partial charge is 0.251 e. The lowest BCUT2D eigenvalue weighted by molar-refractivity contribution is -0.115. The van der Waals surface area contributed by atoms with E-state index in [1.165, 1.54) is 0 Å². The van der Waals surface area contributed by atoms with Crippen LogP contribution in [0.4, 0.5) is 5.69 Å². The molecule has 0 aliphatic carbocycles. The van der Waals surface area contributed by atoms with E-state index in [0.29, 0.717) is 11.3 Å². The van der Waals surface area contributed by atoms with Crippen molar-refractivity contribution in [2.45, 2.75) is 38.1 Å². The van der Waals surface area contributed by atoms with Gasteiger partial charge in [-0.25, -0.2) is 0 Å². The van der Waals surface area contributed by atoms with Crippen molar-refractivity contribution in [3.05, 3.63) is 29.8 Å². The van der Waals surface area contributed by atoms with Crippen LogP contribution in [0.1, 0.15) is 37.6 Å². The largest absolute Gasteiger partial charge is 0.350 e. The SMILES string of the molecule is CCC(Br)C(=O)Nc1ccc(C(=O)NC(C)C)cc1. The molecule has 0 radical (unpaired) electrons. The highest BCUT2D eigenvalue weighted by atomic mass is 79.9. The minimum absolute atomic E-state index is 0.0816. The minimum Gasteiger partial charge on any atom is -0.350 e. The van der Waals surface area contributed by atoms with Gasteiger partial charge in [-0.3, -0.25) is 9.59 Å². The van der Waals surface area contributed by atoms with E-state index in [0.717, 1.165) is 6.42 Å². The summed E-state index contributed by atoms with van der Waals surface area (Å²) in [6.45, 7) is 5.75. The maximum atomic E-state index is 11.7. The van der Waals surface area contributed by atoms with E-state index < -0.39 is 0 Å². The first-order valence-corrected chi connectivity index (χ1v) is 7.21. The predicted octanol–water partition coefficient (Wildman–Crippen LogP) is 2.94. The van der Waals surface area contributed by atoms with Crippen LogP contribution in [-0.4, -0.2) is 22.7 Å². The number of benzene rings is 1. The Hall–Kier alpha value is -1.36. The third-order valence-corrected chi connectivity index (χ3v) is 3.54. The molecule has 0 fully saturated rings. The summed E-state index contributed by atoms with van der Waals surface area (Å²) in [5.41, 5.74) is 1.27. The van der Waals surface area contributed by atoms with Crippen molar-refractivity contribution in [3.8, 4) is 0 Å². The number of hydrogen-bond donors (Lipinski definition) is 2. The van der Waals surface area contributed by atoms with E-state index in [9.17, 15) is 9.59 Å². The topological polar surface area (TPSA) is 58.2 Å². The molecule has 0 spiro atoms. The lowest BCUT2D eigenvalue weighted by Crippen LogP contribution is -2.30. The second kappa shape index (κ2) is 7.28. The number of hydrogen-bond acceptors (Lipinski definition) is 2. The molecule has 1 unspecified atom stereocenters. The van der Waals surface area contributed by atoms with Crippen molar-refractivity contribution in [1.29, 1.82) is 0 Å². The Bertz CT molecular complexity index is 443. The van der Waals surface area contributed by atoms with E-state index in [1.807, 2.05) is 20.8 Å². The molecule has 19 heavy (non-hydrogen) atoms. The second-order valence-corrected chi connectivity index (χ2v) is 5.68. The van der Waals surface area contributed by atoms with Crippen molar-refractivity contribution in [2.24, 2.45) is 0 Å². The molecule has 4 nitrogen and oxygen atoms in total. The van der Waals surface area contributed by atoms with Gasteiger partial charge in [0.25, 0.3) is 5.91 Å². The minimum atomic E-state index is -0.198. The highest BCUT2D eigenvalue weighted by Gasteiger charge is 2.12. The highest BCUT2D eigenvalue weighted by molar-refractivity contribution is 9.10. The van der Waals surface area contributed by atoms with Gasteiger partial charge in [0.15, 0.2) is 0 Å². The lowest BCUT2D eigenvalue weighted by Gasteiger charge is -2.10. The molecule has 0 aliphatic heterocycles. The van der Waals surface area contributed by atoms with Gasteiger partial charge >= 0.3 is 0 Å². The fraction of sp³-hybridized carbons (Fsp3) is 0.429. The number of halogens is 1. The average molecular weight is 327 g/mol. The molecule has 0 saturated carbocycles. The zero-order chi connectivity index (χ0) is 14.4. The summed E-state index contributed by atoms with van der Waals surface area (Å²) in [5.74, 6) is -0.193. The van der Waals surface area contributed by atoms with Crippen molar-refractivity contribution in [2.75, 3.05) is 5.32 Å². The van der Waals surface area contributed by atoms with E-state index in [2.05, 4.69) is 26.6 Å². The molecule has 0 aliphatic rings. The third kappa shape index (κ3) is 5.03. The quantitative estimate of drug-likeness (QED) is 0.817. The van der Waals surface area contributed by atoms with Crippen LogP contribution in [0.15, 0.2) is 24.3 Å². The first kappa shape index (κ1) is 15.7. The molecule has 0 saturated heterocycles. The normalized spacial score (nSPS) is 12.1. The Morgan fingerprint density at radius 1 is 1.21 bits per heavy atom. The summed E-state index contributed by atoms with van der Waals surface area (Å²) in [4.78, 5) is 23.2. The van der Waals surface area contributed by atoms with Gasteiger partial charge in [-0.2, -0.15) is 0 Å². The molecule has 0 bridgehead atoms. The zero-order valence-corrected chi connectivity index (χ0v) is 13.0. The van der Waals surface area contributed by atoms with Crippen LogP contribution in [0.25, 0.3) is 0 Å². The molecule has 0 aromatic heterocycles. The van der Waals surface area contributed by atoms with Gasteiger partial charge in [0, 0.05) is 17.3 Å². The molecule has 1 atom stereocenters. The predicted molar refractivity (Wildman–Crippen MR) is 80.7 cm³/mol. The molecule has 2 N–H and O–H groups in total. The molecule has 1 aromatic carbocycles. The Labute approximate surface area is 122 Å². The zero-order valence-electron chi connectivity index (χ0n) is 11.4. The Balaban J connectivity index is 2.66. The monoisotopic (exact) mass is 326 g/mol. The van der Waals surface area contributed by atoms with Gasteiger partial charge < -0.3 is 10.6 Å². The van der Waals surface area contributed by atoms with Crippen LogP contribution >= 0.6 is 15.9 Å². The number of amides is 2. The van der Waals surface area contributed by atoms with E-state index >= 15 is 0 Å². The van der Waals surface area contributed by atoms with Crippen LogP contribution in [0.5, 0.6) is 0 Å². The van der Waals surface area contributed by atoms with Gasteiger partial charge in [-0.05, 0) is 44.5 Å². The second-order valence-electron chi connectivity index (χ2n) is 4.57. The highest BCUT2D eigenvalue weighted by Crippen LogP contribution is 2.13. The maximum Gasteiger partial charge on any atom is 0.251 e. The summed E-state index contributed by atoms with van der Waals surface area (Å²) in [6.07, 6.45) is 0.723. The Morgan fingerprint density at radius 3 is 2.26 bits per heavy atom. The number of carbonyl (C=O) groups excluding carboxylic acids is 2. The van der Waals surface area contributed by atoms with Crippen molar-refractivity contribution in [3.63, 3.8) is 0 Å². The first-order chi connectivity index (χ1) is 8.93. The van der Waals surface area contributed by atoms with Gasteiger partial charge in [-0.1, -0.05) is 22.9 Å². The molecular formula is C14H19BrN2O2. The van der Waals surface area contributed by atoms with E-state index in [4.69, 9.17) is 0 Å². The number of anilines is 1. The number of carbonyl (C=O) groups is 2. The van der Waals surface area contributed by atoms with Crippen molar-refractivity contribution < 1.29 is 9.59 Å². The molecule has 1 aromatic rings. The summed E-state index contributed by atoms with van der Waals surface area (Å²) in [6, 6.07) is 6.95. The van der Waals surface area contributed by atoms with Gasteiger partial charge in [0.2, 0.25) is 5.91 Å². The number of rotatable bonds is 5. The Kier molecular flexibility index (Phi) is 6.02. The Morgan fingerprint density at radius 2 is 1.79 bits per heavy atom. The lowest BCUT2D eigenvalue weighted by atomic mass is 10.2. The fourth-order valence-electron chi connectivity index (χ4n) is 1.46. The first-order valence-electron chi connectivity index (χ1n) is 6.30. The van der Waals surface area contributed by atoms with Crippen LogP contribution in [0.2, 0.25) is 0 Å². The van der Waals surface area contributed by atoms with Gasteiger partial charge in [0.1, 0.15) is 0 Å². The number of nitrogens with one attached hydrogen (secondary N) is 2. The van der Waals surface area contributed by atoms with Crippen LogP contribution in [-0.2, 0) is 4.79 Å². The standard InChI is InChI=1S/C14H19BrN2O2/c1-4-12(15)14(19)17-11-7-5-10(6-8-11)13(18)16-9(2)3/h5-9,12H,4H2,1-3H3,(H,16,18)(H,17,19). The van der Waals surface area contributed by atoms with Crippen LogP contribution < -0.4 is 10.6 Å².